The van der Waals surface area contributed by atoms with E-state index in [0.29, 0.717) is 80.6 Å². The van der Waals surface area contributed by atoms with Crippen LogP contribution in [0.2, 0.25) is 0 Å². The molecule has 2 aliphatic rings. The number of urea groups is 1. The number of carbonyl (C=O) groups is 3. The predicted octanol–water partition coefficient (Wildman–Crippen LogP) is 2.86. The molecule has 3 aromatic rings. The third kappa shape index (κ3) is 7.10. The van der Waals surface area contributed by atoms with Gasteiger partial charge in [0.25, 0.3) is 0 Å². The number of amides is 3. The van der Waals surface area contributed by atoms with Gasteiger partial charge in [-0.15, -0.1) is 0 Å². The number of morpholine rings is 1. The minimum Gasteiger partial charge on any atom is -0.465 e. The number of nitrogens with one attached hydrogen (secondary N) is 2. The number of hydrogen-bond acceptors (Lipinski definition) is 10. The summed E-state index contributed by atoms with van der Waals surface area (Å²) in [5.41, 5.74) is 2.29. The van der Waals surface area contributed by atoms with Gasteiger partial charge in [-0.25, -0.2) is 9.59 Å². The van der Waals surface area contributed by atoms with Gasteiger partial charge in [-0.2, -0.15) is 15.0 Å². The Hall–Kier alpha value is -4.78. The van der Waals surface area contributed by atoms with Crippen LogP contribution >= 0.6 is 0 Å². The smallest absolute Gasteiger partial charge is 0.337 e. The van der Waals surface area contributed by atoms with Gasteiger partial charge in [0.05, 0.1) is 25.9 Å². The van der Waals surface area contributed by atoms with E-state index in [1.807, 2.05) is 17.0 Å². The zero-order chi connectivity index (χ0) is 29.5. The van der Waals surface area contributed by atoms with Crippen LogP contribution in [0.4, 0.5) is 28.1 Å². The largest absolute Gasteiger partial charge is 0.465 e. The molecule has 0 atom stereocenters. The number of carbonyl (C=O) groups excluding carboxylic acids is 3. The molecule has 3 heterocycles. The van der Waals surface area contributed by atoms with Crippen molar-refractivity contribution < 1.29 is 23.9 Å². The maximum absolute atomic E-state index is 12.6. The highest BCUT2D eigenvalue weighted by Gasteiger charge is 2.23. The first-order valence-electron chi connectivity index (χ1n) is 13.9. The molecule has 13 heteroatoms. The van der Waals surface area contributed by atoms with Crippen LogP contribution in [0.5, 0.6) is 0 Å². The van der Waals surface area contributed by atoms with Crippen molar-refractivity contribution >= 4 is 41.2 Å². The van der Waals surface area contributed by atoms with Crippen molar-refractivity contribution in [3.8, 4) is 11.4 Å². The minimum atomic E-state index is -0.445. The number of benzene rings is 2. The zero-order valence-corrected chi connectivity index (χ0v) is 23.7. The first-order chi connectivity index (χ1) is 20.4. The van der Waals surface area contributed by atoms with Gasteiger partial charge < -0.3 is 34.8 Å². The summed E-state index contributed by atoms with van der Waals surface area (Å²) >= 11 is 0. The first kappa shape index (κ1) is 28.7. The topological polar surface area (TPSA) is 142 Å². The van der Waals surface area contributed by atoms with E-state index in [1.165, 1.54) is 7.11 Å². The summed E-state index contributed by atoms with van der Waals surface area (Å²) in [6, 6.07) is 13.2. The maximum atomic E-state index is 12.6. The van der Waals surface area contributed by atoms with Crippen LogP contribution in [0.3, 0.4) is 0 Å². The number of aromatic nitrogens is 3. The molecule has 2 aliphatic heterocycles. The first-order valence-corrected chi connectivity index (χ1v) is 13.9. The molecule has 220 valence electrons. The molecule has 1 aromatic heterocycles. The molecule has 0 spiro atoms. The molecule has 13 nitrogen and oxygen atoms in total. The van der Waals surface area contributed by atoms with E-state index in [9.17, 15) is 14.4 Å². The van der Waals surface area contributed by atoms with Crippen LogP contribution in [-0.2, 0) is 14.3 Å². The van der Waals surface area contributed by atoms with E-state index < -0.39 is 12.0 Å². The molecule has 0 saturated carbocycles. The van der Waals surface area contributed by atoms with Crippen molar-refractivity contribution in [2.24, 2.45) is 0 Å². The van der Waals surface area contributed by atoms with Crippen molar-refractivity contribution in [2.75, 3.05) is 80.0 Å². The van der Waals surface area contributed by atoms with E-state index in [0.717, 1.165) is 18.5 Å². The van der Waals surface area contributed by atoms with Crippen molar-refractivity contribution in [3.05, 3.63) is 54.1 Å². The van der Waals surface area contributed by atoms with Crippen LogP contribution < -0.4 is 20.4 Å². The number of esters is 1. The van der Waals surface area contributed by atoms with Crippen molar-refractivity contribution in [3.63, 3.8) is 0 Å². The van der Waals surface area contributed by atoms with E-state index in [2.05, 4.69) is 20.4 Å². The lowest BCUT2D eigenvalue weighted by Gasteiger charge is -2.28. The highest BCUT2D eigenvalue weighted by molar-refractivity contribution is 6.00. The van der Waals surface area contributed by atoms with Crippen LogP contribution in [0.15, 0.2) is 48.5 Å². The number of ether oxygens (including phenoxy) is 2. The number of hydrogen-bond donors (Lipinski definition) is 2. The summed E-state index contributed by atoms with van der Waals surface area (Å²) in [4.78, 5) is 56.6. The van der Waals surface area contributed by atoms with E-state index in [1.54, 1.807) is 43.3 Å². The lowest BCUT2D eigenvalue weighted by Crippen LogP contribution is -2.38. The molecular formula is C29H34N8O5. The molecule has 0 bridgehead atoms. The van der Waals surface area contributed by atoms with Gasteiger partial charge in [-0.1, -0.05) is 0 Å². The zero-order valence-electron chi connectivity index (χ0n) is 23.7. The number of rotatable bonds is 6. The molecule has 0 radical (unpaired) electrons. The lowest BCUT2D eigenvalue weighted by atomic mass is 10.2. The Labute approximate surface area is 243 Å². The molecular weight excluding hydrogens is 540 g/mol. The van der Waals surface area contributed by atoms with Gasteiger partial charge in [0.15, 0.2) is 5.82 Å². The third-order valence-corrected chi connectivity index (χ3v) is 7.09. The Balaban J connectivity index is 1.31. The molecule has 5 rings (SSSR count). The monoisotopic (exact) mass is 574 g/mol. The fraction of sp³-hybridized carbons (Fsp3) is 0.379. The fourth-order valence-corrected chi connectivity index (χ4v) is 4.77. The standard InChI is InChI=1S/C29H34N8O5/c1-20(38)35-12-3-13-36(15-14-35)27-32-25(33-28(34-27)37-16-18-42-19-17-37)21-4-8-23(9-5-21)30-29(40)31-24-10-6-22(7-11-24)26(39)41-2/h4-11H,3,12-19H2,1-2H3,(H2,30,31,40). The lowest BCUT2D eigenvalue weighted by molar-refractivity contribution is -0.128. The summed E-state index contributed by atoms with van der Waals surface area (Å²) in [6.45, 7) is 6.86. The summed E-state index contributed by atoms with van der Waals surface area (Å²) in [7, 11) is 1.32. The van der Waals surface area contributed by atoms with Crippen LogP contribution in [0.25, 0.3) is 11.4 Å². The molecule has 0 aliphatic carbocycles. The SMILES string of the molecule is COC(=O)c1ccc(NC(=O)Nc2ccc(-c3nc(N4CCOCC4)nc(N4CCCN(C(C)=O)CC4)n3)cc2)cc1. The third-order valence-electron chi connectivity index (χ3n) is 7.09. The van der Waals surface area contributed by atoms with Gasteiger partial charge >= 0.3 is 12.0 Å². The van der Waals surface area contributed by atoms with Gasteiger partial charge in [0.2, 0.25) is 17.8 Å². The summed E-state index contributed by atoms with van der Waals surface area (Å²) in [6.07, 6.45) is 0.825. The maximum Gasteiger partial charge on any atom is 0.337 e. The van der Waals surface area contributed by atoms with Gasteiger partial charge in [0, 0.05) is 63.1 Å². The quantitative estimate of drug-likeness (QED) is 0.422. The summed E-state index contributed by atoms with van der Waals surface area (Å²) in [5.74, 6) is 1.31. The summed E-state index contributed by atoms with van der Waals surface area (Å²) in [5, 5.41) is 5.55. The summed E-state index contributed by atoms with van der Waals surface area (Å²) < 4.78 is 10.2. The van der Waals surface area contributed by atoms with E-state index >= 15 is 0 Å². The van der Waals surface area contributed by atoms with Crippen molar-refractivity contribution in [1.82, 2.24) is 19.9 Å². The Bertz CT molecular complexity index is 1410. The predicted molar refractivity (Wildman–Crippen MR) is 158 cm³/mol. The molecule has 2 saturated heterocycles. The molecule has 3 amide bonds. The Kier molecular flexibility index (Phi) is 9.07. The fourth-order valence-electron chi connectivity index (χ4n) is 4.77. The number of methoxy groups -OCH3 is 1. The molecule has 2 aromatic carbocycles. The van der Waals surface area contributed by atoms with E-state index in [-0.39, 0.29) is 5.91 Å². The minimum absolute atomic E-state index is 0.0704. The Morgan fingerprint density at radius 1 is 0.762 bits per heavy atom. The van der Waals surface area contributed by atoms with Gasteiger partial charge in [-0.05, 0) is 55.0 Å². The van der Waals surface area contributed by atoms with E-state index in [4.69, 9.17) is 24.4 Å². The Morgan fingerprint density at radius 3 is 1.95 bits per heavy atom. The van der Waals surface area contributed by atoms with Crippen LogP contribution in [0, 0.1) is 0 Å². The molecule has 42 heavy (non-hydrogen) atoms. The van der Waals surface area contributed by atoms with Crippen LogP contribution in [0.1, 0.15) is 23.7 Å². The number of anilines is 4. The Morgan fingerprint density at radius 2 is 1.36 bits per heavy atom. The van der Waals surface area contributed by atoms with Crippen molar-refractivity contribution in [1.29, 1.82) is 0 Å². The molecule has 0 unspecified atom stereocenters. The average Bonchev–Trinajstić information content (AvgIpc) is 3.28. The van der Waals surface area contributed by atoms with Crippen LogP contribution in [-0.4, -0.2) is 97.4 Å². The second kappa shape index (κ2) is 13.3. The second-order valence-corrected chi connectivity index (χ2v) is 9.93. The number of nitrogens with zero attached hydrogens (tertiary/aromatic N) is 6. The van der Waals surface area contributed by atoms with Crippen molar-refractivity contribution in [2.45, 2.75) is 13.3 Å². The molecule has 2 fully saturated rings. The normalized spacial score (nSPS) is 15.5. The molecule has 2 N–H and O–H groups in total. The van der Waals surface area contributed by atoms with Gasteiger partial charge in [0.1, 0.15) is 0 Å². The van der Waals surface area contributed by atoms with Gasteiger partial charge in [-0.3, -0.25) is 4.79 Å². The highest BCUT2D eigenvalue weighted by atomic mass is 16.5. The average molecular weight is 575 g/mol. The second-order valence-electron chi connectivity index (χ2n) is 9.93. The highest BCUT2D eigenvalue weighted by Crippen LogP contribution is 2.24.